The molecule has 0 radical (unpaired) electrons. The molecule has 2 aliphatic rings. The van der Waals surface area contributed by atoms with Gasteiger partial charge in [0.2, 0.25) is 0 Å². The quantitative estimate of drug-likeness (QED) is 0.381. The van der Waals surface area contributed by atoms with Gasteiger partial charge in [-0.05, 0) is 65.7 Å². The van der Waals surface area contributed by atoms with Crippen LogP contribution in [-0.2, 0) is 6.42 Å². The number of fused-ring (bicyclic) bond motifs is 1. The van der Waals surface area contributed by atoms with E-state index in [4.69, 9.17) is 33.0 Å². The highest BCUT2D eigenvalue weighted by atomic mass is 35.5. The normalized spacial score (nSPS) is 16.8. The van der Waals surface area contributed by atoms with Crippen LogP contribution in [0.5, 0.6) is 5.75 Å². The first kappa shape index (κ1) is 20.3. The van der Waals surface area contributed by atoms with E-state index in [9.17, 15) is 0 Å². The van der Waals surface area contributed by atoms with Crippen LogP contribution in [0.4, 0.5) is 0 Å². The summed E-state index contributed by atoms with van der Waals surface area (Å²) in [5.74, 6) is 0.983. The van der Waals surface area contributed by atoms with Gasteiger partial charge in [-0.2, -0.15) is 10.2 Å². The lowest BCUT2D eigenvalue weighted by molar-refractivity contribution is 0.357. The number of ether oxygens (including phenoxy) is 1. The molecule has 4 aromatic rings. The molecule has 5 nitrogen and oxygen atoms in total. The standard InChI is InChI=1S/C26H20Cl2N4O/c27-19-4-1-16(2-5-19)26-22(15-32(31-26)21-8-6-20(28)7-9-21)24-14-23(29-30-24)17-3-10-25-18(13-17)11-12-33-25/h1-10,13,15,24,30H,11-12,14H2. The van der Waals surface area contributed by atoms with Crippen LogP contribution in [0.25, 0.3) is 16.9 Å². The van der Waals surface area contributed by atoms with E-state index in [1.165, 1.54) is 5.56 Å². The molecule has 0 aliphatic carbocycles. The molecule has 0 bridgehead atoms. The molecule has 7 heteroatoms. The number of hydrazone groups is 1. The predicted molar refractivity (Wildman–Crippen MR) is 132 cm³/mol. The lowest BCUT2D eigenvalue weighted by atomic mass is 9.96. The van der Waals surface area contributed by atoms with Gasteiger partial charge in [0.05, 0.1) is 29.7 Å². The van der Waals surface area contributed by atoms with Crippen molar-refractivity contribution in [3.8, 4) is 22.7 Å². The molecule has 0 saturated heterocycles. The Morgan fingerprint density at radius 1 is 0.909 bits per heavy atom. The average Bonchev–Trinajstić information content (AvgIpc) is 3.58. The van der Waals surface area contributed by atoms with Crippen molar-refractivity contribution < 1.29 is 4.74 Å². The number of hydrogen-bond acceptors (Lipinski definition) is 4. The monoisotopic (exact) mass is 474 g/mol. The summed E-state index contributed by atoms with van der Waals surface area (Å²) in [7, 11) is 0. The Hall–Kier alpha value is -3.28. The van der Waals surface area contributed by atoms with Gasteiger partial charge in [0.15, 0.2) is 0 Å². The average molecular weight is 475 g/mol. The minimum atomic E-state index is 0.0104. The summed E-state index contributed by atoms with van der Waals surface area (Å²) in [6, 6.07) is 21.8. The maximum Gasteiger partial charge on any atom is 0.122 e. The molecule has 6 rings (SSSR count). The van der Waals surface area contributed by atoms with Gasteiger partial charge in [-0.15, -0.1) is 0 Å². The molecule has 33 heavy (non-hydrogen) atoms. The second-order valence-electron chi connectivity index (χ2n) is 8.23. The number of benzene rings is 3. The topological polar surface area (TPSA) is 51.4 Å². The van der Waals surface area contributed by atoms with Gasteiger partial charge in [0.1, 0.15) is 5.75 Å². The fraction of sp³-hybridized carbons (Fsp3) is 0.154. The molecule has 0 fully saturated rings. The van der Waals surface area contributed by atoms with Crippen LogP contribution in [0.1, 0.15) is 29.2 Å². The second kappa shape index (κ2) is 8.25. The van der Waals surface area contributed by atoms with Crippen LogP contribution in [0, 0.1) is 0 Å². The van der Waals surface area contributed by atoms with Crippen LogP contribution in [-0.4, -0.2) is 22.1 Å². The van der Waals surface area contributed by atoms with Gasteiger partial charge in [0.25, 0.3) is 0 Å². The van der Waals surface area contributed by atoms with Crippen LogP contribution in [0.15, 0.2) is 78.0 Å². The van der Waals surface area contributed by atoms with E-state index in [1.54, 1.807) is 0 Å². The van der Waals surface area contributed by atoms with E-state index in [0.29, 0.717) is 10.0 Å². The van der Waals surface area contributed by atoms with Crippen molar-refractivity contribution in [2.24, 2.45) is 5.10 Å². The fourth-order valence-electron chi connectivity index (χ4n) is 4.37. The highest BCUT2D eigenvalue weighted by Gasteiger charge is 2.27. The molecule has 0 saturated carbocycles. The summed E-state index contributed by atoms with van der Waals surface area (Å²) in [5, 5.41) is 11.0. The number of halogens is 2. The van der Waals surface area contributed by atoms with Crippen LogP contribution in [0.2, 0.25) is 10.0 Å². The number of aromatic nitrogens is 2. The van der Waals surface area contributed by atoms with Crippen molar-refractivity contribution in [3.05, 3.63) is 99.7 Å². The van der Waals surface area contributed by atoms with E-state index < -0.39 is 0 Å². The van der Waals surface area contributed by atoms with E-state index in [1.807, 2.05) is 59.3 Å². The Bertz CT molecular complexity index is 1360. The van der Waals surface area contributed by atoms with Crippen molar-refractivity contribution in [2.75, 3.05) is 6.61 Å². The molecular weight excluding hydrogens is 455 g/mol. The zero-order valence-corrected chi connectivity index (χ0v) is 19.1. The third kappa shape index (κ3) is 3.88. The predicted octanol–water partition coefficient (Wildman–Crippen LogP) is 6.22. The zero-order valence-electron chi connectivity index (χ0n) is 17.6. The largest absolute Gasteiger partial charge is 0.493 e. The maximum absolute atomic E-state index is 6.13. The fourth-order valence-corrected chi connectivity index (χ4v) is 4.62. The van der Waals surface area contributed by atoms with Gasteiger partial charge in [0, 0.05) is 40.2 Å². The summed E-state index contributed by atoms with van der Waals surface area (Å²) >= 11 is 12.2. The second-order valence-corrected chi connectivity index (χ2v) is 9.10. The molecule has 164 valence electrons. The smallest absolute Gasteiger partial charge is 0.122 e. The van der Waals surface area contributed by atoms with Crippen molar-refractivity contribution >= 4 is 28.9 Å². The molecule has 3 aromatic carbocycles. The van der Waals surface area contributed by atoms with E-state index >= 15 is 0 Å². The van der Waals surface area contributed by atoms with Gasteiger partial charge in [-0.25, -0.2) is 4.68 Å². The molecule has 0 spiro atoms. The number of nitrogens with one attached hydrogen (secondary N) is 1. The Balaban J connectivity index is 1.35. The lowest BCUT2D eigenvalue weighted by Gasteiger charge is -2.10. The van der Waals surface area contributed by atoms with Gasteiger partial charge < -0.3 is 10.2 Å². The summed E-state index contributed by atoms with van der Waals surface area (Å²) in [6.45, 7) is 0.750. The van der Waals surface area contributed by atoms with Crippen molar-refractivity contribution in [1.82, 2.24) is 15.2 Å². The number of hydrogen-bond donors (Lipinski definition) is 1. The highest BCUT2D eigenvalue weighted by molar-refractivity contribution is 6.30. The van der Waals surface area contributed by atoms with E-state index in [0.717, 1.165) is 59.0 Å². The first-order valence-electron chi connectivity index (χ1n) is 10.8. The Morgan fingerprint density at radius 2 is 1.64 bits per heavy atom. The molecule has 1 unspecified atom stereocenters. The van der Waals surface area contributed by atoms with Gasteiger partial charge >= 0.3 is 0 Å². The summed E-state index contributed by atoms with van der Waals surface area (Å²) < 4.78 is 7.54. The Labute approximate surface area is 201 Å². The van der Waals surface area contributed by atoms with E-state index in [2.05, 4.69) is 28.9 Å². The highest BCUT2D eigenvalue weighted by Crippen LogP contribution is 2.35. The summed E-state index contributed by atoms with van der Waals surface area (Å²) in [6.07, 6.45) is 3.79. The molecule has 2 aliphatic heterocycles. The molecule has 1 N–H and O–H groups in total. The molecule has 1 atom stereocenters. The minimum absolute atomic E-state index is 0.0104. The SMILES string of the molecule is Clc1ccc(-c2nn(-c3ccc(Cl)cc3)cc2C2CC(c3ccc4c(c3)CCO4)=NN2)cc1. The third-order valence-electron chi connectivity index (χ3n) is 6.10. The minimum Gasteiger partial charge on any atom is -0.493 e. The Kier molecular flexibility index (Phi) is 5.08. The van der Waals surface area contributed by atoms with Gasteiger partial charge in [-0.3, -0.25) is 0 Å². The van der Waals surface area contributed by atoms with Crippen molar-refractivity contribution in [3.63, 3.8) is 0 Å². The molecule has 3 heterocycles. The summed E-state index contributed by atoms with van der Waals surface area (Å²) in [4.78, 5) is 0. The Morgan fingerprint density at radius 3 is 2.42 bits per heavy atom. The lowest BCUT2D eigenvalue weighted by Crippen LogP contribution is -2.10. The first-order chi connectivity index (χ1) is 16.1. The number of rotatable bonds is 4. The number of nitrogens with zero attached hydrogens (tertiary/aromatic N) is 3. The molecular formula is C26H20Cl2N4O. The van der Waals surface area contributed by atoms with Crippen molar-refractivity contribution in [2.45, 2.75) is 18.9 Å². The molecule has 1 aromatic heterocycles. The van der Waals surface area contributed by atoms with Crippen LogP contribution >= 0.6 is 23.2 Å². The van der Waals surface area contributed by atoms with Crippen LogP contribution < -0.4 is 10.2 Å². The van der Waals surface area contributed by atoms with Crippen LogP contribution in [0.3, 0.4) is 0 Å². The summed E-state index contributed by atoms with van der Waals surface area (Å²) in [5.41, 5.74) is 10.7. The third-order valence-corrected chi connectivity index (χ3v) is 6.61. The maximum atomic E-state index is 6.13. The first-order valence-corrected chi connectivity index (χ1v) is 11.6. The van der Waals surface area contributed by atoms with Gasteiger partial charge in [-0.1, -0.05) is 35.3 Å². The van der Waals surface area contributed by atoms with E-state index in [-0.39, 0.29) is 6.04 Å². The zero-order chi connectivity index (χ0) is 22.4. The molecule has 0 amide bonds. The van der Waals surface area contributed by atoms with Crippen molar-refractivity contribution in [1.29, 1.82) is 0 Å².